The Morgan fingerprint density at radius 1 is 1.29 bits per heavy atom. The highest BCUT2D eigenvalue weighted by molar-refractivity contribution is 14.1. The molecule has 14 heavy (non-hydrogen) atoms. The van der Waals surface area contributed by atoms with Gasteiger partial charge in [0, 0.05) is 9.84 Å². The molecule has 0 radical (unpaired) electrons. The Kier molecular flexibility index (Phi) is 3.34. The monoisotopic (exact) mass is 308 g/mol. The van der Waals surface area contributed by atoms with Crippen molar-refractivity contribution < 1.29 is 9.53 Å². The van der Waals surface area contributed by atoms with E-state index in [1.165, 1.54) is 38.5 Å². The normalized spacial score (nSPS) is 31.5. The summed E-state index contributed by atoms with van der Waals surface area (Å²) in [5.74, 6) is 0.0357. The molecular formula is C11H17IO2. The second-order valence-corrected chi connectivity index (χ2v) is 5.47. The molecule has 2 aliphatic rings. The molecule has 80 valence electrons. The number of hydrogen-bond acceptors (Lipinski definition) is 2. The zero-order chi connectivity index (χ0) is 10.0. The van der Waals surface area contributed by atoms with Crippen LogP contribution < -0.4 is 0 Å². The average Bonchev–Trinajstić information content (AvgIpc) is 2.37. The molecule has 0 aromatic carbocycles. The fraction of sp³-hybridized carbons (Fsp3) is 0.909. The van der Waals surface area contributed by atoms with Crippen LogP contribution in [0.5, 0.6) is 0 Å². The van der Waals surface area contributed by atoms with Crippen LogP contribution in [-0.2, 0) is 9.53 Å². The van der Waals surface area contributed by atoms with Gasteiger partial charge < -0.3 is 4.74 Å². The average molecular weight is 308 g/mol. The van der Waals surface area contributed by atoms with Crippen LogP contribution in [-0.4, -0.2) is 16.5 Å². The molecule has 2 nitrogen and oxygen atoms in total. The molecule has 2 fully saturated rings. The van der Waals surface area contributed by atoms with Gasteiger partial charge in [-0.1, -0.05) is 48.3 Å². The van der Waals surface area contributed by atoms with Crippen molar-refractivity contribution in [2.24, 2.45) is 5.41 Å². The quantitative estimate of drug-likeness (QED) is 0.423. The van der Waals surface area contributed by atoms with Gasteiger partial charge in [-0.2, -0.15) is 0 Å². The number of carbonyl (C=O) groups is 1. The zero-order valence-corrected chi connectivity index (χ0v) is 10.6. The summed E-state index contributed by atoms with van der Waals surface area (Å²) in [6.45, 7) is 0. The number of alkyl halides is 1. The summed E-state index contributed by atoms with van der Waals surface area (Å²) >= 11 is 2.35. The molecule has 2 rings (SSSR count). The molecule has 1 atom stereocenters. The van der Waals surface area contributed by atoms with E-state index in [4.69, 9.17) is 4.74 Å². The van der Waals surface area contributed by atoms with Gasteiger partial charge in [0.15, 0.2) is 0 Å². The highest BCUT2D eigenvalue weighted by Gasteiger charge is 2.47. The number of halogens is 1. The fourth-order valence-electron chi connectivity index (χ4n) is 2.85. The topological polar surface area (TPSA) is 26.3 Å². The van der Waals surface area contributed by atoms with Crippen molar-refractivity contribution in [2.45, 2.75) is 51.0 Å². The molecule has 1 saturated carbocycles. The van der Waals surface area contributed by atoms with Crippen LogP contribution in [0.15, 0.2) is 0 Å². The number of hydrogen-bond donors (Lipinski definition) is 0. The molecule has 1 unspecified atom stereocenters. The first-order valence-corrected chi connectivity index (χ1v) is 7.05. The third-order valence-corrected chi connectivity index (χ3v) is 4.49. The van der Waals surface area contributed by atoms with E-state index in [2.05, 4.69) is 22.6 Å². The predicted octanol–water partition coefficient (Wildman–Crippen LogP) is 3.08. The van der Waals surface area contributed by atoms with Crippen LogP contribution in [0, 0.1) is 5.41 Å². The summed E-state index contributed by atoms with van der Waals surface area (Å²) in [6.07, 6.45) is 8.52. The molecule has 0 aromatic rings. The summed E-state index contributed by atoms with van der Waals surface area (Å²) < 4.78 is 6.37. The zero-order valence-electron chi connectivity index (χ0n) is 8.43. The van der Waals surface area contributed by atoms with Crippen LogP contribution in [0.1, 0.15) is 44.9 Å². The fourth-order valence-corrected chi connectivity index (χ4v) is 3.97. The maximum Gasteiger partial charge on any atom is 0.306 e. The largest absolute Gasteiger partial charge is 0.461 e. The lowest BCUT2D eigenvalue weighted by Crippen LogP contribution is -2.31. The van der Waals surface area contributed by atoms with E-state index in [0.717, 1.165) is 4.43 Å². The Hall–Kier alpha value is 0.200. The number of rotatable bonds is 1. The highest BCUT2D eigenvalue weighted by Crippen LogP contribution is 2.47. The van der Waals surface area contributed by atoms with E-state index in [0.29, 0.717) is 6.42 Å². The lowest BCUT2D eigenvalue weighted by Gasteiger charge is -2.30. The van der Waals surface area contributed by atoms with Gasteiger partial charge in [-0.15, -0.1) is 0 Å². The minimum absolute atomic E-state index is 0.0357. The van der Waals surface area contributed by atoms with E-state index in [9.17, 15) is 4.79 Å². The second-order valence-electron chi connectivity index (χ2n) is 4.59. The Balaban J connectivity index is 2.14. The van der Waals surface area contributed by atoms with Crippen molar-refractivity contribution >= 4 is 28.6 Å². The first-order chi connectivity index (χ1) is 6.77. The molecule has 0 amide bonds. The predicted molar refractivity (Wildman–Crippen MR) is 63.5 cm³/mol. The highest BCUT2D eigenvalue weighted by atomic mass is 127. The third-order valence-electron chi connectivity index (χ3n) is 3.69. The smallest absolute Gasteiger partial charge is 0.306 e. The third kappa shape index (κ3) is 1.92. The minimum Gasteiger partial charge on any atom is -0.461 e. The van der Waals surface area contributed by atoms with Gasteiger partial charge in [-0.3, -0.25) is 4.79 Å². The van der Waals surface area contributed by atoms with Crippen molar-refractivity contribution in [1.82, 2.24) is 0 Å². The first-order valence-electron chi connectivity index (χ1n) is 5.52. The molecule has 1 aliphatic carbocycles. The Labute approximate surface area is 98.9 Å². The molecule has 3 heteroatoms. The van der Waals surface area contributed by atoms with Gasteiger partial charge in [0.05, 0.1) is 6.42 Å². The molecule has 1 saturated heterocycles. The Bertz CT molecular complexity index is 219. The van der Waals surface area contributed by atoms with Crippen LogP contribution >= 0.6 is 22.6 Å². The van der Waals surface area contributed by atoms with Crippen molar-refractivity contribution in [3.05, 3.63) is 0 Å². The number of carbonyl (C=O) groups excluding carboxylic acids is 1. The number of esters is 1. The minimum atomic E-state index is 0.0357. The molecule has 1 heterocycles. The number of ether oxygens (including phenoxy) is 1. The van der Waals surface area contributed by atoms with Crippen molar-refractivity contribution in [2.75, 3.05) is 4.43 Å². The van der Waals surface area contributed by atoms with Crippen molar-refractivity contribution in [3.8, 4) is 0 Å². The van der Waals surface area contributed by atoms with Crippen LogP contribution in [0.3, 0.4) is 0 Å². The Morgan fingerprint density at radius 3 is 2.50 bits per heavy atom. The molecule has 0 bridgehead atoms. The summed E-state index contributed by atoms with van der Waals surface area (Å²) in [6, 6.07) is 0. The summed E-state index contributed by atoms with van der Waals surface area (Å²) in [5.41, 5.74) is 0.217. The van der Waals surface area contributed by atoms with Gasteiger partial charge in [-0.25, -0.2) is 0 Å². The van der Waals surface area contributed by atoms with Gasteiger partial charge in [0.2, 0.25) is 0 Å². The van der Waals surface area contributed by atoms with Gasteiger partial charge >= 0.3 is 5.97 Å². The Morgan fingerprint density at radius 2 is 1.93 bits per heavy atom. The molecule has 0 aromatic heterocycles. The molecular weight excluding hydrogens is 291 g/mol. The van der Waals surface area contributed by atoms with Crippen LogP contribution in [0.2, 0.25) is 0 Å². The lowest BCUT2D eigenvalue weighted by atomic mass is 9.75. The summed E-state index contributed by atoms with van der Waals surface area (Å²) in [5, 5.41) is 0. The first kappa shape index (κ1) is 10.7. The summed E-state index contributed by atoms with van der Waals surface area (Å²) in [7, 11) is 0. The summed E-state index contributed by atoms with van der Waals surface area (Å²) in [4.78, 5) is 11.4. The number of cyclic esters (lactones) is 1. The van der Waals surface area contributed by atoms with Crippen LogP contribution in [0.4, 0.5) is 0 Å². The second kappa shape index (κ2) is 4.37. The van der Waals surface area contributed by atoms with Crippen molar-refractivity contribution in [3.63, 3.8) is 0 Å². The van der Waals surface area contributed by atoms with Gasteiger partial charge in [0.1, 0.15) is 6.10 Å². The van der Waals surface area contributed by atoms with Gasteiger partial charge in [0.25, 0.3) is 0 Å². The maximum atomic E-state index is 11.4. The lowest BCUT2D eigenvalue weighted by molar-refractivity contribution is -0.140. The standard InChI is InChI=1S/C11H17IO2/c12-8-9-11(7-10(13)14-9)5-3-1-2-4-6-11/h9H,1-8H2. The maximum absolute atomic E-state index is 11.4. The van der Waals surface area contributed by atoms with Crippen molar-refractivity contribution in [1.29, 1.82) is 0 Å². The molecule has 0 N–H and O–H groups in total. The van der Waals surface area contributed by atoms with E-state index < -0.39 is 0 Å². The van der Waals surface area contributed by atoms with Gasteiger partial charge in [-0.05, 0) is 12.8 Å². The molecule has 1 spiro atoms. The SMILES string of the molecule is O=C1CC2(CCCCCC2)C(CI)O1. The van der Waals surface area contributed by atoms with E-state index in [1.807, 2.05) is 0 Å². The van der Waals surface area contributed by atoms with E-state index >= 15 is 0 Å². The van der Waals surface area contributed by atoms with E-state index in [-0.39, 0.29) is 17.5 Å². The van der Waals surface area contributed by atoms with Crippen LogP contribution in [0.25, 0.3) is 0 Å². The van der Waals surface area contributed by atoms with E-state index in [1.54, 1.807) is 0 Å². The molecule has 1 aliphatic heterocycles.